The third-order valence-electron chi connectivity index (χ3n) is 4.33. The van der Waals surface area contributed by atoms with Crippen molar-refractivity contribution in [2.24, 2.45) is 0 Å². The van der Waals surface area contributed by atoms with E-state index in [2.05, 4.69) is 26.0 Å². The largest absolute Gasteiger partial charge is 0.325 e. The van der Waals surface area contributed by atoms with E-state index in [1.165, 1.54) is 19.2 Å². The van der Waals surface area contributed by atoms with Crippen LogP contribution in [0.3, 0.4) is 0 Å². The van der Waals surface area contributed by atoms with Crippen LogP contribution in [0, 0.1) is 5.82 Å². The Morgan fingerprint density at radius 2 is 1.96 bits per heavy atom. The lowest BCUT2D eigenvalue weighted by Gasteiger charge is -2.36. The molecule has 1 saturated heterocycles. The smallest absolute Gasteiger partial charge is 0.280 e. The molecular weight excluding hydrogens is 461 g/mol. The van der Waals surface area contributed by atoms with E-state index in [1.54, 1.807) is 24.3 Å². The summed E-state index contributed by atoms with van der Waals surface area (Å²) in [6.07, 6.45) is 0.234. The average Bonchev–Trinajstić information content (AvgIpc) is 2.61. The Morgan fingerprint density at radius 3 is 2.59 bits per heavy atom. The first kappa shape index (κ1) is 20.2. The molecule has 1 amide bonds. The molecule has 2 aromatic rings. The first-order valence-corrected chi connectivity index (χ1v) is 10.5. The van der Waals surface area contributed by atoms with E-state index in [0.29, 0.717) is 0 Å². The number of likely N-dealkylation sites (N-methyl/N-ethyl adjacent to an activating group) is 1. The third-order valence-corrected chi connectivity index (χ3v) is 6.74. The Kier molecular flexibility index (Phi) is 5.87. The quantitative estimate of drug-likeness (QED) is 0.712. The monoisotopic (exact) mass is 475 g/mol. The van der Waals surface area contributed by atoms with E-state index < -0.39 is 34.0 Å². The molecule has 2 unspecified atom stereocenters. The lowest BCUT2D eigenvalue weighted by molar-refractivity contribution is -0.120. The van der Waals surface area contributed by atoms with Gasteiger partial charge in [-0.15, -0.1) is 0 Å². The summed E-state index contributed by atoms with van der Waals surface area (Å²) in [6.45, 7) is 0. The van der Waals surface area contributed by atoms with Crippen LogP contribution < -0.4 is 10.0 Å². The SMILES string of the molecule is CN1C(C(=O)Nc2ccc(F)c(Cl)c2)CC(c2ccc(Br)cc2)NS1(=O)=O. The van der Waals surface area contributed by atoms with Gasteiger partial charge in [0.25, 0.3) is 10.2 Å². The van der Waals surface area contributed by atoms with E-state index in [-0.39, 0.29) is 17.1 Å². The second-order valence-corrected chi connectivity index (χ2v) is 9.20. The van der Waals surface area contributed by atoms with E-state index in [4.69, 9.17) is 11.6 Å². The zero-order valence-electron chi connectivity index (χ0n) is 14.1. The summed E-state index contributed by atoms with van der Waals surface area (Å²) >= 11 is 9.06. The number of amides is 1. The zero-order valence-corrected chi connectivity index (χ0v) is 17.3. The first-order valence-electron chi connectivity index (χ1n) is 7.94. The molecule has 1 aliphatic heterocycles. The molecule has 0 aromatic heterocycles. The second-order valence-electron chi connectivity index (χ2n) is 6.11. The number of anilines is 1. The van der Waals surface area contributed by atoms with Crippen LogP contribution in [0.15, 0.2) is 46.9 Å². The number of nitrogens with zero attached hydrogens (tertiary/aromatic N) is 1. The van der Waals surface area contributed by atoms with Crippen molar-refractivity contribution < 1.29 is 17.6 Å². The van der Waals surface area contributed by atoms with Crippen LogP contribution in [-0.2, 0) is 15.0 Å². The summed E-state index contributed by atoms with van der Waals surface area (Å²) < 4.78 is 42.6. The maximum absolute atomic E-state index is 13.3. The van der Waals surface area contributed by atoms with Crippen molar-refractivity contribution in [1.29, 1.82) is 0 Å². The molecule has 0 radical (unpaired) electrons. The highest BCUT2D eigenvalue weighted by atomic mass is 79.9. The average molecular weight is 477 g/mol. The van der Waals surface area contributed by atoms with Gasteiger partial charge in [-0.3, -0.25) is 4.79 Å². The Balaban J connectivity index is 1.84. The van der Waals surface area contributed by atoms with Crippen molar-refractivity contribution in [3.8, 4) is 0 Å². The van der Waals surface area contributed by atoms with E-state index in [9.17, 15) is 17.6 Å². The topological polar surface area (TPSA) is 78.5 Å². The summed E-state index contributed by atoms with van der Waals surface area (Å²) in [5.41, 5.74) is 1.04. The van der Waals surface area contributed by atoms with Crippen LogP contribution in [0.1, 0.15) is 18.0 Å². The van der Waals surface area contributed by atoms with Crippen LogP contribution >= 0.6 is 27.5 Å². The highest BCUT2D eigenvalue weighted by molar-refractivity contribution is 9.10. The minimum Gasteiger partial charge on any atom is -0.325 e. The van der Waals surface area contributed by atoms with Gasteiger partial charge in [-0.25, -0.2) is 4.39 Å². The molecule has 3 rings (SSSR count). The van der Waals surface area contributed by atoms with Crippen molar-refractivity contribution in [2.75, 3.05) is 12.4 Å². The summed E-state index contributed by atoms with van der Waals surface area (Å²) in [7, 11) is -2.51. The summed E-state index contributed by atoms with van der Waals surface area (Å²) in [4.78, 5) is 12.7. The molecule has 0 aliphatic carbocycles. The predicted molar refractivity (Wildman–Crippen MR) is 105 cm³/mol. The van der Waals surface area contributed by atoms with Gasteiger partial charge in [-0.1, -0.05) is 39.7 Å². The number of hydrogen-bond acceptors (Lipinski definition) is 3. The molecule has 27 heavy (non-hydrogen) atoms. The van der Waals surface area contributed by atoms with E-state index in [0.717, 1.165) is 20.4 Å². The predicted octanol–water partition coefficient (Wildman–Crippen LogP) is 3.46. The van der Waals surface area contributed by atoms with Gasteiger partial charge in [0.05, 0.1) is 5.02 Å². The molecule has 2 N–H and O–H groups in total. The van der Waals surface area contributed by atoms with Crippen molar-refractivity contribution >= 4 is 49.3 Å². The summed E-state index contributed by atoms with van der Waals surface area (Å²) in [6, 6.07) is 9.47. The van der Waals surface area contributed by atoms with Gasteiger partial charge >= 0.3 is 0 Å². The zero-order chi connectivity index (χ0) is 19.8. The second kappa shape index (κ2) is 7.84. The number of hydrogen-bond donors (Lipinski definition) is 2. The molecule has 2 aromatic carbocycles. The van der Waals surface area contributed by atoms with Crippen molar-refractivity contribution in [3.05, 3.63) is 63.3 Å². The number of rotatable bonds is 3. The van der Waals surface area contributed by atoms with E-state index in [1.807, 2.05) is 0 Å². The lowest BCUT2D eigenvalue weighted by Crippen LogP contribution is -2.55. The number of halogens is 3. The number of nitrogens with one attached hydrogen (secondary N) is 2. The number of carbonyl (C=O) groups is 1. The van der Waals surface area contributed by atoms with Gasteiger partial charge in [0.1, 0.15) is 11.9 Å². The normalized spacial score (nSPS) is 22.4. The van der Waals surface area contributed by atoms with Gasteiger partial charge in [0.15, 0.2) is 0 Å². The fourth-order valence-electron chi connectivity index (χ4n) is 2.82. The third kappa shape index (κ3) is 4.49. The highest BCUT2D eigenvalue weighted by Crippen LogP contribution is 2.29. The molecule has 2 atom stereocenters. The first-order chi connectivity index (χ1) is 12.7. The summed E-state index contributed by atoms with van der Waals surface area (Å²) in [5, 5.41) is 2.47. The molecule has 1 heterocycles. The molecule has 1 aliphatic rings. The molecule has 0 spiro atoms. The minimum absolute atomic E-state index is 0.133. The Bertz CT molecular complexity index is 972. The molecule has 1 fully saturated rings. The summed E-state index contributed by atoms with van der Waals surface area (Å²) in [5.74, 6) is -1.13. The Hall–Kier alpha value is -1.52. The maximum Gasteiger partial charge on any atom is 0.280 e. The number of benzene rings is 2. The van der Waals surface area contributed by atoms with Crippen LogP contribution in [0.25, 0.3) is 0 Å². The van der Waals surface area contributed by atoms with Crippen molar-refractivity contribution in [3.63, 3.8) is 0 Å². The van der Waals surface area contributed by atoms with Crippen LogP contribution in [-0.4, -0.2) is 31.7 Å². The van der Waals surface area contributed by atoms with Gasteiger partial charge < -0.3 is 5.32 Å². The molecule has 0 bridgehead atoms. The standard InChI is InChI=1S/C17H16BrClFN3O3S/c1-23-16(17(24)21-12-6-7-14(20)13(19)8-12)9-15(22-27(23,25)26)10-2-4-11(18)5-3-10/h2-8,15-16,22H,9H2,1H3,(H,21,24). The fourth-order valence-corrected chi connectivity index (χ4v) is 4.54. The molecular formula is C17H16BrClFN3O3S. The Labute approximate surface area is 170 Å². The van der Waals surface area contributed by atoms with Gasteiger partial charge in [-0.05, 0) is 42.3 Å². The van der Waals surface area contributed by atoms with Crippen LogP contribution in [0.2, 0.25) is 5.02 Å². The van der Waals surface area contributed by atoms with Gasteiger partial charge in [-0.2, -0.15) is 17.4 Å². The minimum atomic E-state index is -3.85. The van der Waals surface area contributed by atoms with Crippen molar-refractivity contribution in [1.82, 2.24) is 9.03 Å². The van der Waals surface area contributed by atoms with Gasteiger partial charge in [0, 0.05) is 23.2 Å². The van der Waals surface area contributed by atoms with Gasteiger partial charge in [0.2, 0.25) is 5.91 Å². The van der Waals surface area contributed by atoms with E-state index >= 15 is 0 Å². The van der Waals surface area contributed by atoms with Crippen molar-refractivity contribution in [2.45, 2.75) is 18.5 Å². The molecule has 10 heteroatoms. The molecule has 144 valence electrons. The Morgan fingerprint density at radius 1 is 1.30 bits per heavy atom. The van der Waals surface area contributed by atoms with Crippen LogP contribution in [0.4, 0.5) is 10.1 Å². The maximum atomic E-state index is 13.3. The van der Waals surface area contributed by atoms with Crippen LogP contribution in [0.5, 0.6) is 0 Å². The molecule has 6 nitrogen and oxygen atoms in total. The fraction of sp³-hybridized carbons (Fsp3) is 0.235. The molecule has 0 saturated carbocycles. The number of carbonyl (C=O) groups excluding carboxylic acids is 1. The highest BCUT2D eigenvalue weighted by Gasteiger charge is 2.40. The lowest BCUT2D eigenvalue weighted by atomic mass is 9.99.